The second-order valence-electron chi connectivity index (χ2n) is 4.02. The molecule has 1 aromatic rings. The lowest BCUT2D eigenvalue weighted by Gasteiger charge is -2.01. The van der Waals surface area contributed by atoms with Gasteiger partial charge in [0.2, 0.25) is 0 Å². The summed E-state index contributed by atoms with van der Waals surface area (Å²) in [5.41, 5.74) is 1.03. The molecule has 0 aliphatic carbocycles. The third-order valence-electron chi connectivity index (χ3n) is 2.37. The van der Waals surface area contributed by atoms with Gasteiger partial charge in [-0.3, -0.25) is 0 Å². The third kappa shape index (κ3) is 5.06. The Bertz CT molecular complexity index is 519. The van der Waals surface area contributed by atoms with Crippen molar-refractivity contribution >= 4 is 9.84 Å². The van der Waals surface area contributed by atoms with Crippen molar-refractivity contribution < 1.29 is 8.42 Å². The standard InChI is InChI=1S/C14H18O2S/c1-3-4-5-6-7-9-13-10-8-11-14(12-13)17(2,15)16/h8,10-12H,3-4,7,9H2,1-2H3. The maximum Gasteiger partial charge on any atom is 0.175 e. The van der Waals surface area contributed by atoms with E-state index in [0.717, 1.165) is 31.2 Å². The third-order valence-corrected chi connectivity index (χ3v) is 3.48. The summed E-state index contributed by atoms with van der Waals surface area (Å²) in [6.07, 6.45) is 4.83. The molecule has 0 atom stereocenters. The Morgan fingerprint density at radius 1 is 1.18 bits per heavy atom. The van der Waals surface area contributed by atoms with Crippen molar-refractivity contribution in [2.45, 2.75) is 37.5 Å². The molecule has 0 bridgehead atoms. The van der Waals surface area contributed by atoms with Crippen LogP contribution in [0.3, 0.4) is 0 Å². The van der Waals surface area contributed by atoms with Crippen molar-refractivity contribution in [2.24, 2.45) is 0 Å². The lowest BCUT2D eigenvalue weighted by Crippen LogP contribution is -1.97. The Morgan fingerprint density at radius 3 is 2.53 bits per heavy atom. The average Bonchev–Trinajstić information content (AvgIpc) is 2.28. The largest absolute Gasteiger partial charge is 0.224 e. The normalized spacial score (nSPS) is 10.7. The lowest BCUT2D eigenvalue weighted by atomic mass is 10.1. The molecular formula is C14H18O2S. The quantitative estimate of drug-likeness (QED) is 0.770. The van der Waals surface area contributed by atoms with E-state index in [2.05, 4.69) is 18.8 Å². The predicted molar refractivity (Wildman–Crippen MR) is 70.6 cm³/mol. The van der Waals surface area contributed by atoms with Gasteiger partial charge in [-0.1, -0.05) is 19.1 Å². The van der Waals surface area contributed by atoms with Crippen LogP contribution in [0.15, 0.2) is 29.2 Å². The fourth-order valence-electron chi connectivity index (χ4n) is 1.44. The molecule has 0 saturated heterocycles. The van der Waals surface area contributed by atoms with Gasteiger partial charge in [0, 0.05) is 19.1 Å². The van der Waals surface area contributed by atoms with Gasteiger partial charge in [0.25, 0.3) is 0 Å². The Hall–Kier alpha value is -1.27. The van der Waals surface area contributed by atoms with Crippen LogP contribution in [-0.4, -0.2) is 14.7 Å². The molecule has 0 amide bonds. The summed E-state index contributed by atoms with van der Waals surface area (Å²) in [7, 11) is -3.10. The van der Waals surface area contributed by atoms with Gasteiger partial charge >= 0.3 is 0 Å². The number of rotatable bonds is 4. The first-order chi connectivity index (χ1) is 8.04. The van der Waals surface area contributed by atoms with Crippen LogP contribution in [0.5, 0.6) is 0 Å². The van der Waals surface area contributed by atoms with Gasteiger partial charge in [0.15, 0.2) is 9.84 Å². The van der Waals surface area contributed by atoms with Crippen LogP contribution in [0, 0.1) is 11.8 Å². The van der Waals surface area contributed by atoms with E-state index >= 15 is 0 Å². The topological polar surface area (TPSA) is 34.1 Å². The summed E-state index contributed by atoms with van der Waals surface area (Å²) in [5, 5.41) is 0. The first-order valence-corrected chi connectivity index (χ1v) is 7.68. The molecule has 2 nitrogen and oxygen atoms in total. The molecule has 92 valence electrons. The summed E-state index contributed by atoms with van der Waals surface area (Å²) < 4.78 is 22.7. The smallest absolute Gasteiger partial charge is 0.175 e. The van der Waals surface area contributed by atoms with Gasteiger partial charge in [-0.25, -0.2) is 8.42 Å². The Morgan fingerprint density at radius 2 is 1.88 bits per heavy atom. The second kappa shape index (κ2) is 6.46. The van der Waals surface area contributed by atoms with Gasteiger partial charge in [-0.15, -0.1) is 11.8 Å². The van der Waals surface area contributed by atoms with E-state index in [4.69, 9.17) is 0 Å². The number of unbranched alkanes of at least 4 members (excludes halogenated alkanes) is 1. The number of hydrogen-bond donors (Lipinski definition) is 0. The number of aryl methyl sites for hydroxylation is 1. The van der Waals surface area contributed by atoms with Crippen LogP contribution >= 0.6 is 0 Å². The first kappa shape index (κ1) is 13.8. The molecule has 0 fully saturated rings. The summed E-state index contributed by atoms with van der Waals surface area (Å²) in [6.45, 7) is 2.10. The Labute approximate surface area is 104 Å². The molecule has 3 heteroatoms. The summed E-state index contributed by atoms with van der Waals surface area (Å²) in [4.78, 5) is 0.386. The van der Waals surface area contributed by atoms with Gasteiger partial charge in [-0.05, 0) is 30.5 Å². The zero-order chi connectivity index (χ0) is 12.7. The van der Waals surface area contributed by atoms with E-state index in [1.54, 1.807) is 18.2 Å². The zero-order valence-electron chi connectivity index (χ0n) is 10.4. The van der Waals surface area contributed by atoms with Gasteiger partial charge < -0.3 is 0 Å². The highest BCUT2D eigenvalue weighted by molar-refractivity contribution is 7.90. The van der Waals surface area contributed by atoms with Gasteiger partial charge in [0.05, 0.1) is 4.90 Å². The molecule has 0 unspecified atom stereocenters. The van der Waals surface area contributed by atoms with Crippen molar-refractivity contribution in [1.82, 2.24) is 0 Å². The number of benzene rings is 1. The maximum atomic E-state index is 11.4. The van der Waals surface area contributed by atoms with Gasteiger partial charge in [-0.2, -0.15) is 0 Å². The lowest BCUT2D eigenvalue weighted by molar-refractivity contribution is 0.601. The summed E-state index contributed by atoms with van der Waals surface area (Å²) in [5.74, 6) is 6.18. The molecule has 1 rings (SSSR count). The number of sulfone groups is 1. The first-order valence-electron chi connectivity index (χ1n) is 5.78. The highest BCUT2D eigenvalue weighted by Gasteiger charge is 2.06. The molecular weight excluding hydrogens is 232 g/mol. The molecule has 17 heavy (non-hydrogen) atoms. The fourth-order valence-corrected chi connectivity index (χ4v) is 2.13. The second-order valence-corrected chi connectivity index (χ2v) is 6.04. The number of hydrogen-bond acceptors (Lipinski definition) is 2. The summed E-state index contributed by atoms with van der Waals surface area (Å²) >= 11 is 0. The van der Waals surface area contributed by atoms with E-state index in [1.165, 1.54) is 6.26 Å². The molecule has 0 radical (unpaired) electrons. The van der Waals surface area contributed by atoms with Crippen LogP contribution in [0.1, 0.15) is 31.7 Å². The Balaban J connectivity index is 2.65. The van der Waals surface area contributed by atoms with E-state index in [0.29, 0.717) is 4.90 Å². The highest BCUT2D eigenvalue weighted by atomic mass is 32.2. The average molecular weight is 250 g/mol. The highest BCUT2D eigenvalue weighted by Crippen LogP contribution is 2.12. The minimum atomic E-state index is -3.10. The molecule has 0 aromatic heterocycles. The molecule has 0 heterocycles. The Kier molecular flexibility index (Phi) is 5.24. The van der Waals surface area contributed by atoms with E-state index in [1.807, 2.05) is 6.07 Å². The van der Waals surface area contributed by atoms with Crippen LogP contribution in [0.2, 0.25) is 0 Å². The van der Waals surface area contributed by atoms with Crippen LogP contribution < -0.4 is 0 Å². The summed E-state index contributed by atoms with van der Waals surface area (Å²) in [6, 6.07) is 7.08. The van der Waals surface area contributed by atoms with Crippen molar-refractivity contribution in [3.05, 3.63) is 29.8 Å². The molecule has 1 aromatic carbocycles. The van der Waals surface area contributed by atoms with Crippen molar-refractivity contribution in [1.29, 1.82) is 0 Å². The fraction of sp³-hybridized carbons (Fsp3) is 0.429. The van der Waals surface area contributed by atoms with Gasteiger partial charge in [0.1, 0.15) is 0 Å². The minimum Gasteiger partial charge on any atom is -0.224 e. The zero-order valence-corrected chi connectivity index (χ0v) is 11.2. The van der Waals surface area contributed by atoms with Crippen molar-refractivity contribution in [2.75, 3.05) is 6.26 Å². The predicted octanol–water partition coefficient (Wildman–Crippen LogP) is 2.83. The van der Waals surface area contributed by atoms with Crippen LogP contribution in [0.4, 0.5) is 0 Å². The van der Waals surface area contributed by atoms with E-state index in [-0.39, 0.29) is 0 Å². The SMILES string of the molecule is CCCC#CCCc1cccc(S(C)(=O)=O)c1. The van der Waals surface area contributed by atoms with Crippen LogP contribution in [-0.2, 0) is 16.3 Å². The maximum absolute atomic E-state index is 11.4. The van der Waals surface area contributed by atoms with Crippen LogP contribution in [0.25, 0.3) is 0 Å². The van der Waals surface area contributed by atoms with Crippen molar-refractivity contribution in [3.63, 3.8) is 0 Å². The van der Waals surface area contributed by atoms with E-state index in [9.17, 15) is 8.42 Å². The molecule has 0 aliphatic rings. The molecule has 0 spiro atoms. The molecule has 0 N–H and O–H groups in total. The molecule has 0 saturated carbocycles. The van der Waals surface area contributed by atoms with Crippen molar-refractivity contribution in [3.8, 4) is 11.8 Å². The monoisotopic (exact) mass is 250 g/mol. The van der Waals surface area contributed by atoms with E-state index < -0.39 is 9.84 Å². The molecule has 0 aliphatic heterocycles. The minimum absolute atomic E-state index is 0.386.